The number of aliphatic hydroxyl groups is 1. The fourth-order valence-electron chi connectivity index (χ4n) is 1.34. The molecular weight excluding hydrogens is 114 g/mol. The molecule has 0 unspecified atom stereocenters. The van der Waals surface area contributed by atoms with Crippen LogP contribution in [0.5, 0.6) is 0 Å². The van der Waals surface area contributed by atoms with Crippen LogP contribution < -0.4 is 0 Å². The van der Waals surface area contributed by atoms with Crippen LogP contribution in [0.3, 0.4) is 0 Å². The van der Waals surface area contributed by atoms with Gasteiger partial charge < -0.3 is 10.0 Å². The van der Waals surface area contributed by atoms with Crippen molar-refractivity contribution < 1.29 is 5.11 Å². The van der Waals surface area contributed by atoms with Crippen molar-refractivity contribution in [2.24, 2.45) is 0 Å². The van der Waals surface area contributed by atoms with Crippen LogP contribution in [-0.2, 0) is 0 Å². The molecule has 1 aliphatic heterocycles. The molecule has 0 amide bonds. The highest BCUT2D eigenvalue weighted by Gasteiger charge is 2.12. The van der Waals surface area contributed by atoms with Gasteiger partial charge in [-0.25, -0.2) is 0 Å². The van der Waals surface area contributed by atoms with Crippen LogP contribution in [0.15, 0.2) is 0 Å². The minimum Gasteiger partial charge on any atom is -0.392 e. The lowest BCUT2D eigenvalue weighted by molar-refractivity contribution is 0.141. The van der Waals surface area contributed by atoms with Crippen LogP contribution in [0.25, 0.3) is 0 Å². The quantitative estimate of drug-likeness (QED) is 0.585. The van der Waals surface area contributed by atoms with E-state index in [-0.39, 0.29) is 6.10 Å². The molecule has 1 fully saturated rings. The molecule has 0 radical (unpaired) electrons. The highest BCUT2D eigenvalue weighted by molar-refractivity contribution is 4.67. The lowest BCUT2D eigenvalue weighted by Crippen LogP contribution is -2.27. The molecule has 0 bridgehead atoms. The van der Waals surface area contributed by atoms with E-state index >= 15 is 0 Å². The molecule has 1 atom stereocenters. The largest absolute Gasteiger partial charge is 0.392 e. The molecule has 54 valence electrons. The van der Waals surface area contributed by atoms with Gasteiger partial charge in [0.2, 0.25) is 0 Å². The van der Waals surface area contributed by atoms with Gasteiger partial charge in [-0.15, -0.1) is 0 Å². The number of aliphatic hydroxyl groups excluding tert-OH is 1. The molecule has 1 heterocycles. The summed E-state index contributed by atoms with van der Waals surface area (Å²) >= 11 is 0. The average molecular weight is 129 g/mol. The van der Waals surface area contributed by atoms with Crippen molar-refractivity contribution in [3.05, 3.63) is 0 Å². The Morgan fingerprint density at radius 2 is 2.00 bits per heavy atom. The van der Waals surface area contributed by atoms with Crippen molar-refractivity contribution in [2.45, 2.75) is 25.9 Å². The highest BCUT2D eigenvalue weighted by atomic mass is 16.3. The summed E-state index contributed by atoms with van der Waals surface area (Å²) in [6.07, 6.45) is 2.47. The Hall–Kier alpha value is -0.0800. The summed E-state index contributed by atoms with van der Waals surface area (Å²) in [5, 5.41) is 8.97. The van der Waals surface area contributed by atoms with Crippen molar-refractivity contribution in [1.82, 2.24) is 4.90 Å². The van der Waals surface area contributed by atoms with E-state index in [2.05, 4.69) is 4.90 Å². The lowest BCUT2D eigenvalue weighted by Gasteiger charge is -2.15. The van der Waals surface area contributed by atoms with Gasteiger partial charge in [0, 0.05) is 6.54 Å². The monoisotopic (exact) mass is 129 g/mol. The smallest absolute Gasteiger partial charge is 0.0639 e. The molecule has 1 rings (SSSR count). The van der Waals surface area contributed by atoms with Gasteiger partial charge in [-0.3, -0.25) is 0 Å². The molecule has 1 saturated heterocycles. The first kappa shape index (κ1) is 7.03. The Labute approximate surface area is 56.5 Å². The Bertz CT molecular complexity index is 77.0. The van der Waals surface area contributed by atoms with E-state index in [4.69, 9.17) is 5.11 Å². The number of rotatable bonds is 2. The molecule has 0 spiro atoms. The first-order valence-corrected chi connectivity index (χ1v) is 3.69. The van der Waals surface area contributed by atoms with Crippen molar-refractivity contribution in [1.29, 1.82) is 0 Å². The Morgan fingerprint density at radius 3 is 2.44 bits per heavy atom. The predicted molar refractivity (Wildman–Crippen MR) is 37.4 cm³/mol. The van der Waals surface area contributed by atoms with Gasteiger partial charge in [0.1, 0.15) is 0 Å². The first-order chi connectivity index (χ1) is 4.29. The molecular formula is C7H15NO. The molecule has 0 aromatic carbocycles. The fourth-order valence-corrected chi connectivity index (χ4v) is 1.34. The molecule has 1 aliphatic rings. The average Bonchev–Trinajstić information content (AvgIpc) is 2.15. The number of nitrogens with zero attached hydrogens (tertiary/aromatic N) is 1. The summed E-state index contributed by atoms with van der Waals surface area (Å²) in [5.74, 6) is 0. The van der Waals surface area contributed by atoms with E-state index in [1.54, 1.807) is 0 Å². The Balaban J connectivity index is 2.11. The zero-order chi connectivity index (χ0) is 6.69. The summed E-state index contributed by atoms with van der Waals surface area (Å²) in [6, 6.07) is 0. The molecule has 0 aromatic heterocycles. The second-order valence-electron chi connectivity index (χ2n) is 2.86. The van der Waals surface area contributed by atoms with E-state index in [1.807, 2.05) is 6.92 Å². The topological polar surface area (TPSA) is 23.5 Å². The molecule has 2 nitrogen and oxygen atoms in total. The Morgan fingerprint density at radius 1 is 1.44 bits per heavy atom. The Kier molecular flexibility index (Phi) is 2.49. The van der Waals surface area contributed by atoms with Crippen molar-refractivity contribution >= 4 is 0 Å². The van der Waals surface area contributed by atoms with Crippen molar-refractivity contribution in [3.8, 4) is 0 Å². The standard InChI is InChI=1S/C7H15NO/c1-7(9)6-8-4-2-3-5-8/h7,9H,2-6H2,1H3/t7-/m0/s1. The van der Waals surface area contributed by atoms with Gasteiger partial charge in [0.05, 0.1) is 6.10 Å². The second-order valence-corrected chi connectivity index (χ2v) is 2.86. The van der Waals surface area contributed by atoms with E-state index in [0.29, 0.717) is 0 Å². The summed E-state index contributed by atoms with van der Waals surface area (Å²) in [4.78, 5) is 2.31. The maximum atomic E-state index is 8.97. The second kappa shape index (κ2) is 3.18. The maximum Gasteiger partial charge on any atom is 0.0639 e. The van der Waals surface area contributed by atoms with Crippen molar-refractivity contribution in [2.75, 3.05) is 19.6 Å². The minimum atomic E-state index is -0.150. The third kappa shape index (κ3) is 2.33. The molecule has 9 heavy (non-hydrogen) atoms. The third-order valence-corrected chi connectivity index (χ3v) is 1.72. The number of hydrogen-bond donors (Lipinski definition) is 1. The van der Waals surface area contributed by atoms with E-state index in [9.17, 15) is 0 Å². The number of hydrogen-bond acceptors (Lipinski definition) is 2. The van der Waals surface area contributed by atoms with Gasteiger partial charge in [-0.2, -0.15) is 0 Å². The van der Waals surface area contributed by atoms with Gasteiger partial charge in [0.25, 0.3) is 0 Å². The fraction of sp³-hybridized carbons (Fsp3) is 1.00. The van der Waals surface area contributed by atoms with Gasteiger partial charge in [0.15, 0.2) is 0 Å². The predicted octanol–water partition coefficient (Wildman–Crippen LogP) is 0.463. The van der Waals surface area contributed by atoms with Crippen LogP contribution in [-0.4, -0.2) is 35.7 Å². The molecule has 1 N–H and O–H groups in total. The van der Waals surface area contributed by atoms with Crippen LogP contribution in [0.1, 0.15) is 19.8 Å². The van der Waals surface area contributed by atoms with E-state index in [0.717, 1.165) is 6.54 Å². The first-order valence-electron chi connectivity index (χ1n) is 3.69. The molecule has 0 aliphatic carbocycles. The van der Waals surface area contributed by atoms with Gasteiger partial charge in [-0.1, -0.05) is 0 Å². The molecule has 0 saturated carbocycles. The zero-order valence-electron chi connectivity index (χ0n) is 6.01. The van der Waals surface area contributed by atoms with E-state index < -0.39 is 0 Å². The molecule has 0 aromatic rings. The van der Waals surface area contributed by atoms with Crippen LogP contribution in [0.2, 0.25) is 0 Å². The zero-order valence-corrected chi connectivity index (χ0v) is 6.01. The lowest BCUT2D eigenvalue weighted by atomic mass is 10.4. The van der Waals surface area contributed by atoms with E-state index in [1.165, 1.54) is 25.9 Å². The minimum absolute atomic E-state index is 0.150. The highest BCUT2D eigenvalue weighted by Crippen LogP contribution is 2.06. The van der Waals surface area contributed by atoms with Crippen LogP contribution in [0, 0.1) is 0 Å². The SMILES string of the molecule is C[C@H](O)CN1CCCC1. The summed E-state index contributed by atoms with van der Waals surface area (Å²) in [5.41, 5.74) is 0. The van der Waals surface area contributed by atoms with Gasteiger partial charge >= 0.3 is 0 Å². The maximum absolute atomic E-state index is 8.97. The summed E-state index contributed by atoms with van der Waals surface area (Å²) in [7, 11) is 0. The van der Waals surface area contributed by atoms with Crippen molar-refractivity contribution in [3.63, 3.8) is 0 Å². The normalized spacial score (nSPS) is 24.7. The molecule has 2 heteroatoms. The van der Waals surface area contributed by atoms with Gasteiger partial charge in [-0.05, 0) is 32.9 Å². The van der Waals surface area contributed by atoms with Crippen LogP contribution >= 0.6 is 0 Å². The number of likely N-dealkylation sites (tertiary alicyclic amines) is 1. The number of β-amino-alcohol motifs (C(OH)–C–C–N with tert-alkyl or cyclic N) is 1. The summed E-state index contributed by atoms with van der Waals surface area (Å²) in [6.45, 7) is 5.08. The summed E-state index contributed by atoms with van der Waals surface area (Å²) < 4.78 is 0. The third-order valence-electron chi connectivity index (χ3n) is 1.72. The van der Waals surface area contributed by atoms with Crippen LogP contribution in [0.4, 0.5) is 0 Å².